The Bertz CT molecular complexity index is 1600. The molecule has 3 aromatic heterocycles. The van der Waals surface area contributed by atoms with Gasteiger partial charge in [-0.15, -0.1) is 0 Å². The molecule has 172 valence electrons. The summed E-state index contributed by atoms with van der Waals surface area (Å²) in [5.41, 5.74) is 7.53. The normalized spacial score (nSPS) is 10.7. The summed E-state index contributed by atoms with van der Waals surface area (Å²) in [5.74, 6) is 0. The second-order valence-corrected chi connectivity index (χ2v) is 8.35. The van der Waals surface area contributed by atoms with E-state index in [9.17, 15) is 0 Å². The number of carbonyl (C=O) groups is 1. The first kappa shape index (κ1) is 22.2. The fourth-order valence-electron chi connectivity index (χ4n) is 4.56. The van der Waals surface area contributed by atoms with Gasteiger partial charge in [0.15, 0.2) is 0 Å². The number of aromatic amines is 3. The monoisotopic (exact) mass is 457 g/mol. The lowest BCUT2D eigenvalue weighted by Crippen LogP contribution is -1.84. The van der Waals surface area contributed by atoms with E-state index in [0.717, 1.165) is 12.7 Å². The van der Waals surface area contributed by atoms with Crippen molar-refractivity contribution in [2.24, 2.45) is 0 Å². The fraction of sp³-hybridized carbons (Fsp3) is 0.0645. The minimum Gasteiger partial charge on any atom is -0.361 e. The quantitative estimate of drug-likeness (QED) is 0.228. The summed E-state index contributed by atoms with van der Waals surface area (Å²) in [6.07, 6.45) is 5.94. The number of benzene rings is 4. The predicted octanol–water partition coefficient (Wildman–Crippen LogP) is 7.77. The second kappa shape index (κ2) is 10.1. The van der Waals surface area contributed by atoms with Crippen molar-refractivity contribution in [3.05, 3.63) is 121 Å². The van der Waals surface area contributed by atoms with Gasteiger partial charge in [0.05, 0.1) is 0 Å². The van der Waals surface area contributed by atoms with E-state index in [1.807, 2.05) is 0 Å². The molecule has 0 aliphatic rings. The Morgan fingerprint density at radius 2 is 0.886 bits per heavy atom. The van der Waals surface area contributed by atoms with Gasteiger partial charge in [0.1, 0.15) is 6.29 Å². The summed E-state index contributed by atoms with van der Waals surface area (Å²) in [5, 5.41) is 5.23. The maximum Gasteiger partial charge on any atom is 0.116 e. The van der Waals surface area contributed by atoms with Gasteiger partial charge in [-0.1, -0.05) is 72.8 Å². The van der Waals surface area contributed by atoms with Gasteiger partial charge in [0.2, 0.25) is 0 Å². The smallest absolute Gasteiger partial charge is 0.116 e. The van der Waals surface area contributed by atoms with Crippen molar-refractivity contribution in [2.75, 3.05) is 0 Å². The first-order valence-electron chi connectivity index (χ1n) is 11.7. The number of H-pyrrole nitrogens is 3. The molecule has 0 bridgehead atoms. The molecule has 7 aromatic rings. The van der Waals surface area contributed by atoms with Crippen molar-refractivity contribution in [3.8, 4) is 0 Å². The third-order valence-corrected chi connectivity index (χ3v) is 6.14. The Kier molecular flexibility index (Phi) is 6.44. The zero-order valence-corrected chi connectivity index (χ0v) is 19.6. The third kappa shape index (κ3) is 4.59. The van der Waals surface area contributed by atoms with E-state index >= 15 is 0 Å². The summed E-state index contributed by atoms with van der Waals surface area (Å²) in [6, 6.07) is 33.7. The molecule has 0 fully saturated rings. The summed E-state index contributed by atoms with van der Waals surface area (Å²) in [4.78, 5) is 18.9. The first-order chi connectivity index (χ1) is 17.3. The van der Waals surface area contributed by atoms with Crippen LogP contribution in [-0.4, -0.2) is 21.2 Å². The fourth-order valence-corrected chi connectivity index (χ4v) is 4.56. The molecule has 4 heteroatoms. The van der Waals surface area contributed by atoms with Gasteiger partial charge >= 0.3 is 0 Å². The highest BCUT2D eigenvalue weighted by Gasteiger charge is 2.07. The van der Waals surface area contributed by atoms with Crippen molar-refractivity contribution in [1.82, 2.24) is 15.0 Å². The minimum atomic E-state index is 0.750. The second-order valence-electron chi connectivity index (χ2n) is 8.35. The third-order valence-electron chi connectivity index (χ3n) is 6.14. The van der Waals surface area contributed by atoms with Crippen LogP contribution in [0.3, 0.4) is 0 Å². The molecule has 7 rings (SSSR count). The van der Waals surface area contributed by atoms with Crippen LogP contribution in [-0.2, 0) is 11.2 Å². The Labute approximate surface area is 203 Å². The van der Waals surface area contributed by atoms with E-state index in [4.69, 9.17) is 4.79 Å². The SMILES string of the molecule is CC=O.c1ccc2c(Cc3c[nH]c4ccccc34)c[nH]c2c1.c1ccc2c(c1)[nH]c1ccccc12. The average Bonchev–Trinajstić information content (AvgIpc) is 3.61. The van der Waals surface area contributed by atoms with Crippen molar-refractivity contribution in [3.63, 3.8) is 0 Å². The molecular weight excluding hydrogens is 430 g/mol. The summed E-state index contributed by atoms with van der Waals surface area (Å²) in [6.45, 7) is 1.44. The number of hydrogen-bond donors (Lipinski definition) is 3. The van der Waals surface area contributed by atoms with Crippen molar-refractivity contribution >= 4 is 49.9 Å². The topological polar surface area (TPSA) is 64.4 Å². The predicted molar refractivity (Wildman–Crippen MR) is 147 cm³/mol. The molecule has 0 aliphatic heterocycles. The lowest BCUT2D eigenvalue weighted by Gasteiger charge is -1.98. The van der Waals surface area contributed by atoms with Crippen LogP contribution in [0.15, 0.2) is 109 Å². The van der Waals surface area contributed by atoms with Crippen LogP contribution in [0, 0.1) is 0 Å². The maximum atomic E-state index is 8.81. The van der Waals surface area contributed by atoms with Crippen molar-refractivity contribution in [1.29, 1.82) is 0 Å². The number of carbonyl (C=O) groups excluding carboxylic acids is 1. The highest BCUT2D eigenvalue weighted by Crippen LogP contribution is 2.25. The number of para-hydroxylation sites is 4. The summed E-state index contributed by atoms with van der Waals surface area (Å²) >= 11 is 0. The van der Waals surface area contributed by atoms with E-state index in [-0.39, 0.29) is 0 Å². The number of fused-ring (bicyclic) bond motifs is 5. The van der Waals surface area contributed by atoms with Crippen LogP contribution in [0.5, 0.6) is 0 Å². The Hall–Kier alpha value is -4.57. The number of rotatable bonds is 2. The number of aldehydes is 1. The van der Waals surface area contributed by atoms with Crippen LogP contribution >= 0.6 is 0 Å². The Balaban J connectivity index is 0.000000138. The van der Waals surface area contributed by atoms with Crippen molar-refractivity contribution < 1.29 is 4.79 Å². The molecule has 0 radical (unpaired) electrons. The molecule has 0 unspecified atom stereocenters. The number of hydrogen-bond acceptors (Lipinski definition) is 1. The van der Waals surface area contributed by atoms with Gasteiger partial charge in [-0.25, -0.2) is 0 Å². The molecule has 0 aliphatic carbocycles. The minimum absolute atomic E-state index is 0.750. The summed E-state index contributed by atoms with van der Waals surface area (Å²) < 4.78 is 0. The van der Waals surface area contributed by atoms with Crippen LogP contribution in [0.4, 0.5) is 0 Å². The molecule has 0 saturated heterocycles. The highest BCUT2D eigenvalue weighted by molar-refractivity contribution is 6.07. The highest BCUT2D eigenvalue weighted by atomic mass is 16.1. The maximum absolute atomic E-state index is 8.81. The molecule has 4 aromatic carbocycles. The molecule has 0 amide bonds. The molecule has 3 heterocycles. The molecule has 4 nitrogen and oxygen atoms in total. The van der Waals surface area contributed by atoms with E-state index in [0.29, 0.717) is 0 Å². The molecule has 0 saturated carbocycles. The van der Waals surface area contributed by atoms with Gasteiger partial charge in [0.25, 0.3) is 0 Å². The van der Waals surface area contributed by atoms with E-state index in [1.54, 1.807) is 0 Å². The molecule has 35 heavy (non-hydrogen) atoms. The molecular formula is C31H27N3O. The van der Waals surface area contributed by atoms with Crippen LogP contribution in [0.25, 0.3) is 43.6 Å². The van der Waals surface area contributed by atoms with Crippen LogP contribution in [0.1, 0.15) is 18.1 Å². The van der Waals surface area contributed by atoms with Crippen molar-refractivity contribution in [2.45, 2.75) is 13.3 Å². The Morgan fingerprint density at radius 1 is 0.543 bits per heavy atom. The zero-order valence-electron chi connectivity index (χ0n) is 19.6. The van der Waals surface area contributed by atoms with Gasteiger partial charge in [-0.3, -0.25) is 0 Å². The van der Waals surface area contributed by atoms with Crippen LogP contribution in [0.2, 0.25) is 0 Å². The van der Waals surface area contributed by atoms with Gasteiger partial charge < -0.3 is 19.7 Å². The lowest BCUT2D eigenvalue weighted by atomic mass is 10.0. The summed E-state index contributed by atoms with van der Waals surface area (Å²) in [7, 11) is 0. The van der Waals surface area contributed by atoms with Gasteiger partial charge in [-0.05, 0) is 42.3 Å². The van der Waals surface area contributed by atoms with E-state index in [2.05, 4.69) is 124 Å². The molecule has 0 atom stereocenters. The molecule has 0 spiro atoms. The number of aromatic nitrogens is 3. The first-order valence-corrected chi connectivity index (χ1v) is 11.7. The lowest BCUT2D eigenvalue weighted by molar-refractivity contribution is -0.106. The average molecular weight is 458 g/mol. The zero-order chi connectivity index (χ0) is 24.0. The number of nitrogens with one attached hydrogen (secondary N) is 3. The largest absolute Gasteiger partial charge is 0.361 e. The van der Waals surface area contributed by atoms with E-state index < -0.39 is 0 Å². The van der Waals surface area contributed by atoms with Gasteiger partial charge in [0, 0.05) is 62.4 Å². The molecule has 3 N–H and O–H groups in total. The standard InChI is InChI=1S/C17H14N2.C12H9N.C2H4O/c1-3-7-16-14(5-1)12(10-18-16)9-13-11-19-17-8-4-2-6-15(13)17;1-3-7-11-9(5-1)10-6-2-4-8-12(10)13-11;1-2-3/h1-8,10-11,18-19H,9H2;1-8,13H;2H,1H3. The van der Waals surface area contributed by atoms with Gasteiger partial charge in [-0.2, -0.15) is 0 Å². The van der Waals surface area contributed by atoms with E-state index in [1.165, 1.54) is 61.7 Å². The van der Waals surface area contributed by atoms with Crippen LogP contribution < -0.4 is 0 Å². The Morgan fingerprint density at radius 3 is 1.31 bits per heavy atom.